The number of nitrogens with zero attached hydrogens (tertiary/aromatic N) is 2. The Morgan fingerprint density at radius 2 is 1.12 bits per heavy atom. The van der Waals surface area contributed by atoms with Crippen molar-refractivity contribution in [3.63, 3.8) is 0 Å². The van der Waals surface area contributed by atoms with Gasteiger partial charge >= 0.3 is 0 Å². The fourth-order valence-electron chi connectivity index (χ4n) is 5.60. The van der Waals surface area contributed by atoms with Crippen LogP contribution in [0.3, 0.4) is 0 Å². The maximum atomic E-state index is 4.96. The highest BCUT2D eigenvalue weighted by Gasteiger charge is 2.34. The van der Waals surface area contributed by atoms with Crippen molar-refractivity contribution >= 4 is 17.6 Å². The van der Waals surface area contributed by atoms with Crippen molar-refractivity contribution in [2.45, 2.75) is 24.7 Å². The molecule has 2 nitrogen and oxygen atoms in total. The zero-order valence-corrected chi connectivity index (χ0v) is 18.8. The highest BCUT2D eigenvalue weighted by Crippen LogP contribution is 2.49. The first kappa shape index (κ1) is 20.0. The molecule has 33 heavy (non-hydrogen) atoms. The van der Waals surface area contributed by atoms with Crippen LogP contribution in [-0.4, -0.2) is 19.3 Å². The Balaban J connectivity index is 1.51. The number of hydrogen-bond acceptors (Lipinski definition) is 2. The van der Waals surface area contributed by atoms with Crippen molar-refractivity contribution in [3.8, 4) is 0 Å². The van der Waals surface area contributed by atoms with Crippen molar-refractivity contribution in [2.24, 2.45) is 4.99 Å². The lowest BCUT2D eigenvalue weighted by Crippen LogP contribution is -2.37. The zero-order valence-electron chi connectivity index (χ0n) is 18.8. The summed E-state index contributed by atoms with van der Waals surface area (Å²) in [7, 11) is 0. The molecule has 2 heteroatoms. The smallest absolute Gasteiger partial charge is 0.0637 e. The Hall–Kier alpha value is -3.65. The van der Waals surface area contributed by atoms with Crippen LogP contribution in [0, 0.1) is 0 Å². The number of benzene rings is 4. The van der Waals surface area contributed by atoms with Gasteiger partial charge in [-0.2, -0.15) is 0 Å². The summed E-state index contributed by atoms with van der Waals surface area (Å²) in [6.45, 7) is 2.24. The molecule has 2 aliphatic rings. The first-order valence-corrected chi connectivity index (χ1v) is 12.0. The Bertz CT molecular complexity index is 1190. The Labute approximate surface area is 196 Å². The van der Waals surface area contributed by atoms with Crippen LogP contribution >= 0.6 is 0 Å². The monoisotopic (exact) mass is 428 g/mol. The van der Waals surface area contributed by atoms with Gasteiger partial charge in [0.15, 0.2) is 0 Å². The van der Waals surface area contributed by atoms with Gasteiger partial charge in [0, 0.05) is 36.8 Å². The molecule has 0 aliphatic carbocycles. The summed E-state index contributed by atoms with van der Waals surface area (Å²) in [6.07, 6.45) is 4.30. The number of hydrogen-bond donors (Lipinski definition) is 0. The van der Waals surface area contributed by atoms with Crippen LogP contribution in [0.2, 0.25) is 0 Å². The molecule has 0 saturated carbocycles. The van der Waals surface area contributed by atoms with Crippen molar-refractivity contribution in [3.05, 3.63) is 131 Å². The van der Waals surface area contributed by atoms with Crippen molar-refractivity contribution < 1.29 is 0 Å². The molecule has 0 N–H and O–H groups in total. The molecule has 2 aliphatic heterocycles. The van der Waals surface area contributed by atoms with E-state index in [2.05, 4.69) is 102 Å². The minimum Gasteiger partial charge on any atom is -0.371 e. The maximum absolute atomic E-state index is 4.96. The van der Waals surface area contributed by atoms with Gasteiger partial charge in [0.05, 0.1) is 5.69 Å². The van der Waals surface area contributed by atoms with Gasteiger partial charge in [-0.25, -0.2) is 0 Å². The summed E-state index contributed by atoms with van der Waals surface area (Å²) in [4.78, 5) is 7.57. The van der Waals surface area contributed by atoms with Crippen LogP contribution in [0.25, 0.3) is 0 Å². The van der Waals surface area contributed by atoms with Gasteiger partial charge in [0.25, 0.3) is 0 Å². The molecule has 0 bridgehead atoms. The molecule has 0 spiro atoms. The van der Waals surface area contributed by atoms with Gasteiger partial charge in [-0.05, 0) is 52.8 Å². The van der Waals surface area contributed by atoms with Gasteiger partial charge in [-0.3, -0.25) is 4.99 Å². The lowest BCUT2D eigenvalue weighted by atomic mass is 9.76. The third-order valence-electron chi connectivity index (χ3n) is 7.16. The second kappa shape index (κ2) is 8.71. The van der Waals surface area contributed by atoms with Gasteiger partial charge in [-0.1, -0.05) is 91.0 Å². The molecule has 0 fully saturated rings. The van der Waals surface area contributed by atoms with Crippen molar-refractivity contribution in [2.75, 3.05) is 18.0 Å². The minimum atomic E-state index is 0.414. The van der Waals surface area contributed by atoms with Crippen LogP contribution in [0.5, 0.6) is 0 Å². The fraction of sp³-hybridized carbons (Fsp3) is 0.194. The molecule has 162 valence electrons. The molecule has 0 radical (unpaired) electrons. The Morgan fingerprint density at radius 3 is 1.64 bits per heavy atom. The van der Waals surface area contributed by atoms with Gasteiger partial charge in [-0.15, -0.1) is 0 Å². The summed E-state index contributed by atoms with van der Waals surface area (Å²) in [5.41, 5.74) is 9.32. The molecule has 0 amide bonds. The van der Waals surface area contributed by atoms with Crippen LogP contribution in [-0.2, 0) is 0 Å². The summed E-state index contributed by atoms with van der Waals surface area (Å²) in [5.74, 6) is 0.829. The molecule has 0 aromatic heterocycles. The Kier molecular flexibility index (Phi) is 5.28. The molecule has 0 saturated heterocycles. The van der Waals surface area contributed by atoms with E-state index in [4.69, 9.17) is 4.99 Å². The highest BCUT2D eigenvalue weighted by atomic mass is 15.1. The van der Waals surface area contributed by atoms with E-state index < -0.39 is 0 Å². The second-order valence-corrected chi connectivity index (χ2v) is 9.13. The van der Waals surface area contributed by atoms with Crippen molar-refractivity contribution in [1.29, 1.82) is 0 Å². The number of anilines is 1. The normalized spacial score (nSPS) is 19.5. The van der Waals surface area contributed by atoms with Gasteiger partial charge < -0.3 is 4.90 Å². The molecule has 4 aromatic carbocycles. The van der Waals surface area contributed by atoms with Crippen LogP contribution in [0.15, 0.2) is 108 Å². The number of rotatable bonds is 4. The molecule has 0 unspecified atom stereocenters. The summed E-state index contributed by atoms with van der Waals surface area (Å²) in [6, 6.07) is 37.1. The van der Waals surface area contributed by atoms with Gasteiger partial charge in [0.2, 0.25) is 0 Å². The first-order chi connectivity index (χ1) is 16.4. The predicted octanol–water partition coefficient (Wildman–Crippen LogP) is 7.31. The molecule has 2 atom stereocenters. The van der Waals surface area contributed by atoms with E-state index >= 15 is 0 Å². The van der Waals surface area contributed by atoms with Crippen LogP contribution in [0.1, 0.15) is 52.5 Å². The third kappa shape index (κ3) is 3.87. The molecule has 4 aromatic rings. The summed E-state index contributed by atoms with van der Waals surface area (Å²) >= 11 is 0. The topological polar surface area (TPSA) is 15.6 Å². The summed E-state index contributed by atoms with van der Waals surface area (Å²) in [5, 5.41) is 0. The predicted molar refractivity (Wildman–Crippen MR) is 138 cm³/mol. The quantitative estimate of drug-likeness (QED) is 0.311. The van der Waals surface area contributed by atoms with E-state index in [0.717, 1.165) is 37.2 Å². The first-order valence-electron chi connectivity index (χ1n) is 12.0. The highest BCUT2D eigenvalue weighted by molar-refractivity contribution is 5.83. The van der Waals surface area contributed by atoms with Crippen LogP contribution in [0.4, 0.5) is 11.4 Å². The largest absolute Gasteiger partial charge is 0.371 e. The van der Waals surface area contributed by atoms with E-state index in [0.29, 0.717) is 11.8 Å². The summed E-state index contributed by atoms with van der Waals surface area (Å²) < 4.78 is 0. The lowest BCUT2D eigenvalue weighted by molar-refractivity contribution is 0.571. The van der Waals surface area contributed by atoms with E-state index in [9.17, 15) is 0 Å². The van der Waals surface area contributed by atoms with E-state index in [1.807, 2.05) is 12.3 Å². The van der Waals surface area contributed by atoms with Crippen LogP contribution < -0.4 is 4.90 Å². The second-order valence-electron chi connectivity index (χ2n) is 9.13. The lowest BCUT2D eigenvalue weighted by Gasteiger charge is -2.43. The van der Waals surface area contributed by atoms with E-state index in [-0.39, 0.29) is 0 Å². The zero-order chi connectivity index (χ0) is 22.0. The standard InChI is InChI=1S/C31H28N2/c1-4-10-23(11-5-1)22-32-26-20-29-27(24-12-6-2-7-13-24)16-18-33-19-17-28(30(21-26)31(29)33)25-14-8-3-9-15-25/h1-15,20-22,27-28H,16-19H2/t27-,28-/m1/s1. The Morgan fingerprint density at radius 1 is 0.636 bits per heavy atom. The molecular formula is C31H28N2. The van der Waals surface area contributed by atoms with Crippen molar-refractivity contribution in [1.82, 2.24) is 0 Å². The molecule has 6 rings (SSSR count). The maximum Gasteiger partial charge on any atom is 0.0637 e. The third-order valence-corrected chi connectivity index (χ3v) is 7.16. The van der Waals surface area contributed by atoms with Gasteiger partial charge in [0.1, 0.15) is 0 Å². The molecular weight excluding hydrogens is 400 g/mol. The van der Waals surface area contributed by atoms with E-state index in [1.165, 1.54) is 27.9 Å². The SMILES string of the molecule is C(=Nc1cc2c3c(c1)[C@@H](c1ccccc1)CCN3CC[C@@H]2c1ccccc1)c1ccccc1. The average Bonchev–Trinajstić information content (AvgIpc) is 2.89. The fourth-order valence-corrected chi connectivity index (χ4v) is 5.60. The minimum absolute atomic E-state index is 0.414. The van der Waals surface area contributed by atoms with E-state index in [1.54, 1.807) is 0 Å². The molecule has 2 heterocycles. The average molecular weight is 429 g/mol. The number of aliphatic imine (C=N–C) groups is 1.